The molecular formula is C10H12N4OS. The Morgan fingerprint density at radius 1 is 1.38 bits per heavy atom. The summed E-state index contributed by atoms with van der Waals surface area (Å²) in [5.74, 6) is 7.00. The molecule has 84 valence electrons. The molecule has 0 aliphatic heterocycles. The summed E-state index contributed by atoms with van der Waals surface area (Å²) in [4.78, 5) is 0. The molecule has 2 rings (SSSR count). The number of thiol groups is 1. The minimum atomic E-state index is 0.359. The molecule has 0 amide bonds. The highest BCUT2D eigenvalue weighted by atomic mass is 32.1. The zero-order valence-electron chi connectivity index (χ0n) is 9.01. The molecule has 0 radical (unpaired) electrons. The summed E-state index contributed by atoms with van der Waals surface area (Å²) in [6, 6.07) is 5.78. The van der Waals surface area contributed by atoms with Gasteiger partial charge in [-0.05, 0) is 24.6 Å². The second-order valence-corrected chi connectivity index (χ2v) is 3.80. The molecule has 5 nitrogen and oxygen atoms in total. The molecule has 1 aromatic heterocycles. The fourth-order valence-corrected chi connectivity index (χ4v) is 1.59. The van der Waals surface area contributed by atoms with Crippen molar-refractivity contribution in [2.24, 2.45) is 0 Å². The number of benzene rings is 1. The number of methoxy groups -OCH3 is 1. The summed E-state index contributed by atoms with van der Waals surface area (Å²) in [6.07, 6.45) is 0. The van der Waals surface area contributed by atoms with Crippen LogP contribution < -0.4 is 10.6 Å². The van der Waals surface area contributed by atoms with Gasteiger partial charge in [-0.2, -0.15) is 0 Å². The number of rotatable bonds is 2. The summed E-state index contributed by atoms with van der Waals surface area (Å²) in [5, 5.41) is 8.10. The van der Waals surface area contributed by atoms with Crippen molar-refractivity contribution < 1.29 is 4.74 Å². The molecule has 2 aromatic rings. The van der Waals surface area contributed by atoms with Crippen molar-refractivity contribution in [2.75, 3.05) is 13.0 Å². The Kier molecular flexibility index (Phi) is 2.74. The highest BCUT2D eigenvalue weighted by Gasteiger charge is 2.13. The molecule has 6 heteroatoms. The van der Waals surface area contributed by atoms with Crippen molar-refractivity contribution in [1.82, 2.24) is 14.9 Å². The first kappa shape index (κ1) is 10.8. The number of hydrogen-bond donors (Lipinski definition) is 2. The minimum absolute atomic E-state index is 0.359. The molecule has 0 fully saturated rings. The summed E-state index contributed by atoms with van der Waals surface area (Å²) < 4.78 is 6.60. The van der Waals surface area contributed by atoms with Crippen LogP contribution in [0.15, 0.2) is 23.4 Å². The van der Waals surface area contributed by atoms with Crippen LogP contribution in [0.2, 0.25) is 0 Å². The fraction of sp³-hybridized carbons (Fsp3) is 0.200. The van der Waals surface area contributed by atoms with Crippen LogP contribution in [0.3, 0.4) is 0 Å². The van der Waals surface area contributed by atoms with Gasteiger partial charge in [-0.25, -0.2) is 4.68 Å². The lowest BCUT2D eigenvalue weighted by atomic mass is 10.1. The first-order valence-electron chi connectivity index (χ1n) is 4.68. The Balaban J connectivity index is 2.59. The summed E-state index contributed by atoms with van der Waals surface area (Å²) in [6.45, 7) is 1.99. The van der Waals surface area contributed by atoms with Gasteiger partial charge in [0.2, 0.25) is 5.16 Å². The van der Waals surface area contributed by atoms with Gasteiger partial charge in [-0.15, -0.1) is 22.8 Å². The van der Waals surface area contributed by atoms with E-state index >= 15 is 0 Å². The third kappa shape index (κ3) is 1.71. The summed E-state index contributed by atoms with van der Waals surface area (Å²) >= 11 is 4.08. The molecule has 0 spiro atoms. The molecule has 0 unspecified atom stereocenters. The summed E-state index contributed by atoms with van der Waals surface area (Å²) in [5.41, 5.74) is 1.90. The van der Waals surface area contributed by atoms with Gasteiger partial charge in [0.15, 0.2) is 5.82 Å². The Labute approximate surface area is 98.6 Å². The molecule has 0 bridgehead atoms. The van der Waals surface area contributed by atoms with E-state index in [-0.39, 0.29) is 0 Å². The van der Waals surface area contributed by atoms with Crippen LogP contribution in [-0.4, -0.2) is 22.0 Å². The highest BCUT2D eigenvalue weighted by Crippen LogP contribution is 2.29. The molecule has 16 heavy (non-hydrogen) atoms. The Hall–Kier alpha value is -1.69. The van der Waals surface area contributed by atoms with Crippen LogP contribution in [0.4, 0.5) is 0 Å². The lowest BCUT2D eigenvalue weighted by Gasteiger charge is -2.08. The molecular weight excluding hydrogens is 224 g/mol. The van der Waals surface area contributed by atoms with E-state index in [4.69, 9.17) is 10.6 Å². The topological polar surface area (TPSA) is 66.0 Å². The van der Waals surface area contributed by atoms with Gasteiger partial charge in [0.05, 0.1) is 12.7 Å². The third-order valence-corrected chi connectivity index (χ3v) is 2.58. The van der Waals surface area contributed by atoms with Gasteiger partial charge in [0, 0.05) is 0 Å². The van der Waals surface area contributed by atoms with E-state index in [1.807, 2.05) is 25.1 Å². The van der Waals surface area contributed by atoms with E-state index in [0.29, 0.717) is 16.7 Å². The number of nitrogens with two attached hydrogens (primary N) is 1. The first-order valence-corrected chi connectivity index (χ1v) is 5.12. The lowest BCUT2D eigenvalue weighted by Crippen LogP contribution is -2.11. The van der Waals surface area contributed by atoms with Crippen LogP contribution in [0.1, 0.15) is 5.56 Å². The first-order chi connectivity index (χ1) is 7.63. The fourth-order valence-electron chi connectivity index (χ4n) is 1.45. The van der Waals surface area contributed by atoms with Crippen molar-refractivity contribution in [3.8, 4) is 17.1 Å². The molecule has 0 aliphatic carbocycles. The standard InChI is InChI=1S/C10H12N4OS/c1-6-3-4-7(8(5-6)15-2)9-12-13-10(16)14(9)11/h3-5H,11H2,1-2H3,(H,13,16). The van der Waals surface area contributed by atoms with Crippen molar-refractivity contribution in [3.63, 3.8) is 0 Å². The predicted molar refractivity (Wildman–Crippen MR) is 64.1 cm³/mol. The van der Waals surface area contributed by atoms with Gasteiger partial charge in [0.25, 0.3) is 0 Å². The Bertz CT molecular complexity index is 524. The van der Waals surface area contributed by atoms with Crippen LogP contribution in [0.5, 0.6) is 5.75 Å². The molecule has 0 saturated heterocycles. The number of aromatic nitrogens is 3. The monoisotopic (exact) mass is 236 g/mol. The van der Waals surface area contributed by atoms with Crippen molar-refractivity contribution in [2.45, 2.75) is 12.1 Å². The van der Waals surface area contributed by atoms with Crippen molar-refractivity contribution >= 4 is 12.6 Å². The Morgan fingerprint density at radius 3 is 2.69 bits per heavy atom. The van der Waals surface area contributed by atoms with E-state index in [9.17, 15) is 0 Å². The number of nitrogens with zero attached hydrogens (tertiary/aromatic N) is 3. The van der Waals surface area contributed by atoms with E-state index in [1.165, 1.54) is 4.68 Å². The maximum absolute atomic E-state index is 5.76. The van der Waals surface area contributed by atoms with Crippen LogP contribution >= 0.6 is 12.6 Å². The zero-order valence-corrected chi connectivity index (χ0v) is 9.90. The van der Waals surface area contributed by atoms with Crippen LogP contribution in [-0.2, 0) is 0 Å². The smallest absolute Gasteiger partial charge is 0.206 e. The van der Waals surface area contributed by atoms with Crippen molar-refractivity contribution in [3.05, 3.63) is 23.8 Å². The SMILES string of the molecule is COc1cc(C)ccc1-c1nnc(S)n1N. The summed E-state index contributed by atoms with van der Waals surface area (Å²) in [7, 11) is 1.61. The minimum Gasteiger partial charge on any atom is -0.496 e. The Morgan fingerprint density at radius 2 is 2.12 bits per heavy atom. The molecule has 0 saturated carbocycles. The molecule has 2 N–H and O–H groups in total. The van der Waals surface area contributed by atoms with E-state index in [0.717, 1.165) is 11.1 Å². The number of ether oxygens (including phenoxy) is 1. The molecule has 0 aliphatic rings. The van der Waals surface area contributed by atoms with E-state index in [2.05, 4.69) is 22.8 Å². The average Bonchev–Trinajstić information content (AvgIpc) is 2.60. The van der Waals surface area contributed by atoms with Gasteiger partial charge < -0.3 is 10.6 Å². The van der Waals surface area contributed by atoms with E-state index in [1.54, 1.807) is 7.11 Å². The second kappa shape index (κ2) is 4.05. The second-order valence-electron chi connectivity index (χ2n) is 3.40. The largest absolute Gasteiger partial charge is 0.496 e. The van der Waals surface area contributed by atoms with Crippen LogP contribution in [0.25, 0.3) is 11.4 Å². The van der Waals surface area contributed by atoms with Gasteiger partial charge in [-0.3, -0.25) is 0 Å². The quantitative estimate of drug-likeness (QED) is 0.608. The van der Waals surface area contributed by atoms with Crippen LogP contribution in [0, 0.1) is 6.92 Å². The maximum Gasteiger partial charge on any atom is 0.206 e. The average molecular weight is 236 g/mol. The van der Waals surface area contributed by atoms with Gasteiger partial charge in [-0.1, -0.05) is 6.07 Å². The van der Waals surface area contributed by atoms with E-state index < -0.39 is 0 Å². The maximum atomic E-state index is 5.76. The third-order valence-electron chi connectivity index (χ3n) is 2.28. The zero-order chi connectivity index (χ0) is 11.7. The lowest BCUT2D eigenvalue weighted by molar-refractivity contribution is 0.415. The molecule has 1 aromatic carbocycles. The highest BCUT2D eigenvalue weighted by molar-refractivity contribution is 7.80. The van der Waals surface area contributed by atoms with Crippen molar-refractivity contribution in [1.29, 1.82) is 0 Å². The van der Waals surface area contributed by atoms with Gasteiger partial charge in [0.1, 0.15) is 5.75 Å². The normalized spacial score (nSPS) is 10.4. The number of hydrogen-bond acceptors (Lipinski definition) is 5. The number of nitrogen functional groups attached to an aromatic ring is 1. The molecule has 0 atom stereocenters. The predicted octanol–water partition coefficient (Wildman–Crippen LogP) is 1.26. The molecule has 1 heterocycles. The van der Waals surface area contributed by atoms with Gasteiger partial charge >= 0.3 is 0 Å². The number of aryl methyl sites for hydroxylation is 1.